The number of hydrogen-bond acceptors (Lipinski definition) is 4. The van der Waals surface area contributed by atoms with E-state index in [2.05, 4.69) is 19.9 Å². The van der Waals surface area contributed by atoms with Gasteiger partial charge in [0.25, 0.3) is 0 Å². The summed E-state index contributed by atoms with van der Waals surface area (Å²) < 4.78 is 5.06. The van der Waals surface area contributed by atoms with Crippen LogP contribution in [0.1, 0.15) is 0 Å². The quantitative estimate of drug-likeness (QED) is 0.726. The Labute approximate surface area is 97.5 Å². The van der Waals surface area contributed by atoms with Crippen LogP contribution >= 0.6 is 0 Å². The molecule has 3 aromatic rings. The molecule has 3 rings (SSSR count). The van der Waals surface area contributed by atoms with E-state index in [1.807, 2.05) is 24.3 Å². The fourth-order valence-corrected chi connectivity index (χ4v) is 1.61. The Kier molecular flexibility index (Phi) is 2.22. The minimum atomic E-state index is 0.552. The maximum atomic E-state index is 5.06. The minimum absolute atomic E-state index is 0.552. The van der Waals surface area contributed by atoms with Gasteiger partial charge >= 0.3 is 0 Å². The van der Waals surface area contributed by atoms with Gasteiger partial charge in [0.15, 0.2) is 11.5 Å². The first-order chi connectivity index (χ1) is 8.36. The highest BCUT2D eigenvalue weighted by molar-refractivity contribution is 5.75. The molecule has 0 bridgehead atoms. The molecule has 5 heteroatoms. The molecular formula is C12H10N4O. The molecule has 0 aliphatic carbocycles. The number of pyridine rings is 2. The summed E-state index contributed by atoms with van der Waals surface area (Å²) in [5, 5.41) is 0. The van der Waals surface area contributed by atoms with Crippen molar-refractivity contribution in [3.63, 3.8) is 0 Å². The SMILES string of the molecule is COc1ccc2[nH]c(-c3ccccn3)nc2n1. The van der Waals surface area contributed by atoms with Crippen molar-refractivity contribution < 1.29 is 4.74 Å². The Morgan fingerprint density at radius 1 is 1.12 bits per heavy atom. The second-order valence-electron chi connectivity index (χ2n) is 3.53. The van der Waals surface area contributed by atoms with E-state index in [1.165, 1.54) is 0 Å². The lowest BCUT2D eigenvalue weighted by Gasteiger charge is -1.95. The van der Waals surface area contributed by atoms with Gasteiger partial charge < -0.3 is 9.72 Å². The third-order valence-electron chi connectivity index (χ3n) is 2.44. The molecule has 1 N–H and O–H groups in total. The number of ether oxygens (including phenoxy) is 1. The largest absolute Gasteiger partial charge is 0.481 e. The molecule has 84 valence electrons. The molecule has 3 aromatic heterocycles. The van der Waals surface area contributed by atoms with Crippen molar-refractivity contribution >= 4 is 11.2 Å². The van der Waals surface area contributed by atoms with E-state index in [0.717, 1.165) is 11.2 Å². The molecule has 0 aliphatic heterocycles. The van der Waals surface area contributed by atoms with Gasteiger partial charge in [0.2, 0.25) is 5.88 Å². The molecule has 0 aliphatic rings. The lowest BCUT2D eigenvalue weighted by molar-refractivity contribution is 0.399. The fraction of sp³-hybridized carbons (Fsp3) is 0.0833. The Hall–Kier alpha value is -2.43. The molecule has 0 aromatic carbocycles. The topological polar surface area (TPSA) is 63.7 Å². The van der Waals surface area contributed by atoms with E-state index in [-0.39, 0.29) is 0 Å². The van der Waals surface area contributed by atoms with Gasteiger partial charge in [-0.05, 0) is 18.2 Å². The van der Waals surface area contributed by atoms with Gasteiger partial charge in [-0.15, -0.1) is 0 Å². The first kappa shape index (κ1) is 9.77. The number of fused-ring (bicyclic) bond motifs is 1. The van der Waals surface area contributed by atoms with Crippen molar-refractivity contribution in [1.82, 2.24) is 19.9 Å². The van der Waals surface area contributed by atoms with Crippen molar-refractivity contribution in [2.75, 3.05) is 7.11 Å². The molecule has 0 spiro atoms. The van der Waals surface area contributed by atoms with Gasteiger partial charge in [0.1, 0.15) is 5.69 Å². The zero-order chi connectivity index (χ0) is 11.7. The van der Waals surface area contributed by atoms with Gasteiger partial charge in [0.05, 0.1) is 12.6 Å². The number of nitrogens with one attached hydrogen (secondary N) is 1. The summed E-state index contributed by atoms with van der Waals surface area (Å²) in [4.78, 5) is 16.0. The van der Waals surface area contributed by atoms with Crippen LogP contribution in [0, 0.1) is 0 Å². The number of nitrogens with zero attached hydrogens (tertiary/aromatic N) is 3. The highest BCUT2D eigenvalue weighted by Crippen LogP contribution is 2.19. The number of imidazole rings is 1. The summed E-state index contributed by atoms with van der Waals surface area (Å²) >= 11 is 0. The fourth-order valence-electron chi connectivity index (χ4n) is 1.61. The summed E-state index contributed by atoms with van der Waals surface area (Å²) in [6, 6.07) is 9.37. The minimum Gasteiger partial charge on any atom is -0.481 e. The van der Waals surface area contributed by atoms with Crippen LogP contribution in [-0.2, 0) is 0 Å². The van der Waals surface area contributed by atoms with Crippen LogP contribution < -0.4 is 4.74 Å². The van der Waals surface area contributed by atoms with Crippen LogP contribution in [0.15, 0.2) is 36.5 Å². The van der Waals surface area contributed by atoms with Crippen LogP contribution in [-0.4, -0.2) is 27.0 Å². The number of hydrogen-bond donors (Lipinski definition) is 1. The predicted molar refractivity (Wildman–Crippen MR) is 63.7 cm³/mol. The van der Waals surface area contributed by atoms with Crippen LogP contribution in [0.3, 0.4) is 0 Å². The van der Waals surface area contributed by atoms with Crippen LogP contribution in [0.5, 0.6) is 5.88 Å². The molecular weight excluding hydrogens is 216 g/mol. The summed E-state index contributed by atoms with van der Waals surface area (Å²) in [6.07, 6.45) is 1.73. The van der Waals surface area contributed by atoms with Crippen molar-refractivity contribution in [3.8, 4) is 17.4 Å². The van der Waals surface area contributed by atoms with E-state index in [4.69, 9.17) is 4.74 Å². The van der Waals surface area contributed by atoms with E-state index in [0.29, 0.717) is 17.4 Å². The Morgan fingerprint density at radius 3 is 2.82 bits per heavy atom. The number of aromatic nitrogens is 4. The lowest BCUT2D eigenvalue weighted by Crippen LogP contribution is -1.86. The van der Waals surface area contributed by atoms with E-state index in [9.17, 15) is 0 Å². The number of rotatable bonds is 2. The van der Waals surface area contributed by atoms with E-state index in [1.54, 1.807) is 19.4 Å². The van der Waals surface area contributed by atoms with Crippen molar-refractivity contribution in [1.29, 1.82) is 0 Å². The molecule has 5 nitrogen and oxygen atoms in total. The number of aromatic amines is 1. The standard InChI is InChI=1S/C12H10N4O/c1-17-10-6-5-9-12(15-10)16-11(14-9)8-4-2-3-7-13-8/h2-7H,1H3,(H,14,15,16). The van der Waals surface area contributed by atoms with E-state index >= 15 is 0 Å². The maximum absolute atomic E-state index is 5.06. The third-order valence-corrected chi connectivity index (χ3v) is 2.44. The third kappa shape index (κ3) is 1.71. The van der Waals surface area contributed by atoms with Crippen LogP contribution in [0.25, 0.3) is 22.7 Å². The molecule has 3 heterocycles. The van der Waals surface area contributed by atoms with Crippen molar-refractivity contribution in [2.45, 2.75) is 0 Å². The summed E-state index contributed by atoms with van der Waals surface area (Å²) in [5.41, 5.74) is 2.29. The molecule has 0 fully saturated rings. The summed E-state index contributed by atoms with van der Waals surface area (Å²) in [6.45, 7) is 0. The van der Waals surface area contributed by atoms with Crippen molar-refractivity contribution in [2.24, 2.45) is 0 Å². The predicted octanol–water partition coefficient (Wildman–Crippen LogP) is 2.03. The molecule has 0 saturated heterocycles. The van der Waals surface area contributed by atoms with Crippen LogP contribution in [0.4, 0.5) is 0 Å². The molecule has 0 unspecified atom stereocenters. The number of methoxy groups -OCH3 is 1. The number of H-pyrrole nitrogens is 1. The Bertz CT molecular complexity index is 648. The average molecular weight is 226 g/mol. The zero-order valence-electron chi connectivity index (χ0n) is 9.21. The monoisotopic (exact) mass is 226 g/mol. The Morgan fingerprint density at radius 2 is 2.06 bits per heavy atom. The maximum Gasteiger partial charge on any atom is 0.215 e. The van der Waals surface area contributed by atoms with E-state index < -0.39 is 0 Å². The van der Waals surface area contributed by atoms with Gasteiger partial charge in [-0.1, -0.05) is 6.07 Å². The van der Waals surface area contributed by atoms with Crippen LogP contribution in [0.2, 0.25) is 0 Å². The second kappa shape index (κ2) is 3.86. The first-order valence-electron chi connectivity index (χ1n) is 5.19. The summed E-state index contributed by atoms with van der Waals surface area (Å²) in [7, 11) is 1.58. The molecule has 0 atom stereocenters. The highest BCUT2D eigenvalue weighted by atomic mass is 16.5. The van der Waals surface area contributed by atoms with Gasteiger partial charge in [-0.2, -0.15) is 4.98 Å². The molecule has 0 amide bonds. The lowest BCUT2D eigenvalue weighted by atomic mass is 10.3. The first-order valence-corrected chi connectivity index (χ1v) is 5.19. The average Bonchev–Trinajstić information content (AvgIpc) is 2.82. The molecule has 0 radical (unpaired) electrons. The zero-order valence-corrected chi connectivity index (χ0v) is 9.21. The van der Waals surface area contributed by atoms with Gasteiger partial charge in [-0.3, -0.25) is 4.98 Å². The second-order valence-corrected chi connectivity index (χ2v) is 3.53. The van der Waals surface area contributed by atoms with Gasteiger partial charge in [0, 0.05) is 12.3 Å². The smallest absolute Gasteiger partial charge is 0.215 e. The highest BCUT2D eigenvalue weighted by Gasteiger charge is 2.07. The van der Waals surface area contributed by atoms with Crippen molar-refractivity contribution in [3.05, 3.63) is 36.5 Å². The molecule has 0 saturated carbocycles. The van der Waals surface area contributed by atoms with Gasteiger partial charge in [-0.25, -0.2) is 4.98 Å². The normalized spacial score (nSPS) is 10.6. The summed E-state index contributed by atoms with van der Waals surface area (Å²) in [5.74, 6) is 1.26. The Balaban J connectivity index is 2.14. The molecule has 17 heavy (non-hydrogen) atoms.